The van der Waals surface area contributed by atoms with Gasteiger partial charge >= 0.3 is 0 Å². The summed E-state index contributed by atoms with van der Waals surface area (Å²) in [6, 6.07) is -0.418. The van der Waals surface area contributed by atoms with Gasteiger partial charge in [-0.05, 0) is 18.3 Å². The summed E-state index contributed by atoms with van der Waals surface area (Å²) in [5.74, 6) is -0.108. The molecule has 0 aliphatic carbocycles. The van der Waals surface area contributed by atoms with E-state index in [0.29, 0.717) is 13.1 Å². The molecule has 2 amide bonds. The number of halogens is 1. The highest BCUT2D eigenvalue weighted by Crippen LogP contribution is 2.18. The minimum absolute atomic E-state index is 0. The van der Waals surface area contributed by atoms with Crippen LogP contribution in [0.2, 0.25) is 0 Å². The van der Waals surface area contributed by atoms with E-state index in [-0.39, 0.29) is 42.3 Å². The fourth-order valence-electron chi connectivity index (χ4n) is 2.17. The lowest BCUT2D eigenvalue weighted by Gasteiger charge is -2.34. The molecule has 7 heteroatoms. The molecule has 1 fully saturated rings. The van der Waals surface area contributed by atoms with Crippen molar-refractivity contribution in [3.8, 4) is 0 Å². The van der Waals surface area contributed by atoms with E-state index in [9.17, 15) is 9.59 Å². The Kier molecular flexibility index (Phi) is 8.21. The fourth-order valence-corrected chi connectivity index (χ4v) is 2.17. The quantitative estimate of drug-likeness (QED) is 0.791. The zero-order chi connectivity index (χ0) is 15.3. The second kappa shape index (κ2) is 8.56. The molecule has 124 valence electrons. The van der Waals surface area contributed by atoms with Gasteiger partial charge in [-0.15, -0.1) is 12.4 Å². The summed E-state index contributed by atoms with van der Waals surface area (Å²) in [6.45, 7) is 7.26. The van der Waals surface area contributed by atoms with Crippen molar-refractivity contribution in [1.29, 1.82) is 0 Å². The first-order valence-corrected chi connectivity index (χ1v) is 7.08. The topological polar surface area (TPSA) is 84.7 Å². The number of piperidine rings is 1. The summed E-state index contributed by atoms with van der Waals surface area (Å²) in [6.07, 6.45) is 1.52. The maximum absolute atomic E-state index is 12.0. The number of rotatable bonds is 4. The Hall–Kier alpha value is -0.850. The van der Waals surface area contributed by atoms with Gasteiger partial charge < -0.3 is 20.7 Å². The van der Waals surface area contributed by atoms with Gasteiger partial charge in [-0.3, -0.25) is 9.59 Å². The van der Waals surface area contributed by atoms with Gasteiger partial charge in [0.1, 0.15) is 6.61 Å². The molecule has 0 saturated carbocycles. The average molecular weight is 322 g/mol. The maximum Gasteiger partial charge on any atom is 0.248 e. The van der Waals surface area contributed by atoms with Crippen molar-refractivity contribution in [1.82, 2.24) is 10.2 Å². The van der Waals surface area contributed by atoms with E-state index in [4.69, 9.17) is 10.5 Å². The lowest BCUT2D eigenvalue weighted by Crippen LogP contribution is -2.54. The van der Waals surface area contributed by atoms with Crippen LogP contribution in [0.1, 0.15) is 33.6 Å². The van der Waals surface area contributed by atoms with Crippen molar-refractivity contribution in [3.63, 3.8) is 0 Å². The molecular formula is C14H28ClN3O3. The standard InChI is InChI=1S/C14H27N3O3.ClH/c1-14(2,3)12(15)13(19)16-10-5-7-17(8-6-10)11(18)9-20-4;/h10,12H,5-9,15H2,1-4H3,(H,16,19);1H/t12-;/m1./s1. The molecule has 1 rings (SSSR count). The summed E-state index contributed by atoms with van der Waals surface area (Å²) in [7, 11) is 1.51. The molecule has 0 unspecified atom stereocenters. The van der Waals surface area contributed by atoms with Gasteiger partial charge in [0.15, 0.2) is 0 Å². The second-order valence-electron chi connectivity index (χ2n) is 6.44. The number of methoxy groups -OCH3 is 1. The summed E-state index contributed by atoms with van der Waals surface area (Å²) >= 11 is 0. The first-order valence-electron chi connectivity index (χ1n) is 7.08. The zero-order valence-electron chi connectivity index (χ0n) is 13.3. The van der Waals surface area contributed by atoms with Gasteiger partial charge in [0, 0.05) is 26.2 Å². The first-order chi connectivity index (χ1) is 9.25. The van der Waals surface area contributed by atoms with Crippen LogP contribution in [-0.2, 0) is 14.3 Å². The van der Waals surface area contributed by atoms with Crippen LogP contribution in [0.15, 0.2) is 0 Å². The minimum atomic E-state index is -0.518. The summed E-state index contributed by atoms with van der Waals surface area (Å²) < 4.78 is 4.84. The Bertz CT molecular complexity index is 350. The molecule has 1 aliphatic rings. The Morgan fingerprint density at radius 2 is 1.86 bits per heavy atom. The molecule has 0 aromatic rings. The third kappa shape index (κ3) is 6.20. The number of carbonyl (C=O) groups is 2. The van der Waals surface area contributed by atoms with Crippen LogP contribution in [0.4, 0.5) is 0 Å². The van der Waals surface area contributed by atoms with Crippen molar-refractivity contribution in [3.05, 3.63) is 0 Å². The second-order valence-corrected chi connectivity index (χ2v) is 6.44. The maximum atomic E-state index is 12.0. The van der Waals surface area contributed by atoms with E-state index in [1.165, 1.54) is 7.11 Å². The predicted octanol–water partition coefficient (Wildman–Crippen LogP) is 0.535. The van der Waals surface area contributed by atoms with Crippen LogP contribution in [-0.4, -0.2) is 55.6 Å². The highest BCUT2D eigenvalue weighted by molar-refractivity contribution is 5.85. The number of hydrogen-bond donors (Lipinski definition) is 2. The highest BCUT2D eigenvalue weighted by Gasteiger charge is 2.30. The number of hydrogen-bond acceptors (Lipinski definition) is 4. The van der Waals surface area contributed by atoms with E-state index in [0.717, 1.165) is 12.8 Å². The summed E-state index contributed by atoms with van der Waals surface area (Å²) in [5, 5.41) is 2.98. The molecule has 0 aromatic heterocycles. The van der Waals surface area contributed by atoms with Gasteiger partial charge in [-0.1, -0.05) is 20.8 Å². The molecule has 0 bridgehead atoms. The molecular weight excluding hydrogens is 294 g/mol. The Balaban J connectivity index is 0.00000400. The number of nitrogens with zero attached hydrogens (tertiary/aromatic N) is 1. The average Bonchev–Trinajstić information content (AvgIpc) is 2.37. The van der Waals surface area contributed by atoms with E-state index in [1.807, 2.05) is 20.8 Å². The number of ether oxygens (including phenoxy) is 1. The van der Waals surface area contributed by atoms with Gasteiger partial charge in [-0.25, -0.2) is 0 Å². The van der Waals surface area contributed by atoms with Gasteiger partial charge in [0.05, 0.1) is 6.04 Å². The van der Waals surface area contributed by atoms with Gasteiger partial charge in [-0.2, -0.15) is 0 Å². The molecule has 0 radical (unpaired) electrons. The van der Waals surface area contributed by atoms with Crippen LogP contribution >= 0.6 is 12.4 Å². The largest absolute Gasteiger partial charge is 0.375 e. The fraction of sp³-hybridized carbons (Fsp3) is 0.857. The molecule has 3 N–H and O–H groups in total. The van der Waals surface area contributed by atoms with Crippen molar-refractivity contribution in [2.24, 2.45) is 11.1 Å². The molecule has 0 spiro atoms. The van der Waals surface area contributed by atoms with Crippen molar-refractivity contribution in [2.45, 2.75) is 45.7 Å². The molecule has 0 aromatic carbocycles. The number of amides is 2. The number of nitrogens with one attached hydrogen (secondary N) is 1. The predicted molar refractivity (Wildman–Crippen MR) is 84.3 cm³/mol. The third-order valence-corrected chi connectivity index (χ3v) is 3.68. The molecule has 1 atom stereocenters. The molecule has 21 heavy (non-hydrogen) atoms. The smallest absolute Gasteiger partial charge is 0.248 e. The van der Waals surface area contributed by atoms with E-state index in [2.05, 4.69) is 5.32 Å². The zero-order valence-corrected chi connectivity index (χ0v) is 14.2. The normalized spacial score (nSPS) is 17.9. The molecule has 6 nitrogen and oxygen atoms in total. The van der Waals surface area contributed by atoms with Crippen LogP contribution < -0.4 is 11.1 Å². The third-order valence-electron chi connectivity index (χ3n) is 3.68. The van der Waals surface area contributed by atoms with Crippen LogP contribution in [0.3, 0.4) is 0 Å². The lowest BCUT2D eigenvalue weighted by molar-refractivity contribution is -0.136. The van der Waals surface area contributed by atoms with E-state index >= 15 is 0 Å². The van der Waals surface area contributed by atoms with Crippen LogP contribution in [0, 0.1) is 5.41 Å². The van der Waals surface area contributed by atoms with Crippen molar-refractivity contribution in [2.75, 3.05) is 26.8 Å². The molecule has 1 aliphatic heterocycles. The lowest BCUT2D eigenvalue weighted by atomic mass is 9.86. The summed E-state index contributed by atoms with van der Waals surface area (Å²) in [4.78, 5) is 25.5. The van der Waals surface area contributed by atoms with Crippen LogP contribution in [0.25, 0.3) is 0 Å². The first kappa shape index (κ1) is 20.1. The highest BCUT2D eigenvalue weighted by atomic mass is 35.5. The molecule has 1 heterocycles. The van der Waals surface area contributed by atoms with Gasteiger partial charge in [0.2, 0.25) is 11.8 Å². The Morgan fingerprint density at radius 1 is 1.33 bits per heavy atom. The summed E-state index contributed by atoms with van der Waals surface area (Å²) in [5.41, 5.74) is 5.68. The SMILES string of the molecule is COCC(=O)N1CCC(NC(=O)[C@@H](N)C(C)(C)C)CC1.Cl. The van der Waals surface area contributed by atoms with Crippen molar-refractivity contribution < 1.29 is 14.3 Å². The Labute approximate surface area is 133 Å². The van der Waals surface area contributed by atoms with Gasteiger partial charge in [0.25, 0.3) is 0 Å². The van der Waals surface area contributed by atoms with Crippen LogP contribution in [0.5, 0.6) is 0 Å². The monoisotopic (exact) mass is 321 g/mol. The van der Waals surface area contributed by atoms with E-state index < -0.39 is 6.04 Å². The van der Waals surface area contributed by atoms with Crippen molar-refractivity contribution >= 4 is 24.2 Å². The number of nitrogens with two attached hydrogens (primary N) is 1. The van der Waals surface area contributed by atoms with E-state index in [1.54, 1.807) is 4.90 Å². The number of carbonyl (C=O) groups excluding carboxylic acids is 2. The Morgan fingerprint density at radius 3 is 2.29 bits per heavy atom. The minimum Gasteiger partial charge on any atom is -0.375 e. The number of likely N-dealkylation sites (tertiary alicyclic amines) is 1. The molecule has 1 saturated heterocycles.